The number of benzene rings is 1. The molecule has 26 heavy (non-hydrogen) atoms. The zero-order valence-electron chi connectivity index (χ0n) is 17.3. The summed E-state index contributed by atoms with van der Waals surface area (Å²) in [4.78, 5) is 12.4. The predicted molar refractivity (Wildman–Crippen MR) is 109 cm³/mol. The SMILES string of the molecule is CCOC(=O)C1CC([Se]c2c(C(C)C)cc(C(C)C)cc2C(C)C)CO1. The number of rotatable bonds is 7. The Morgan fingerprint density at radius 3 is 2.15 bits per heavy atom. The molecule has 0 spiro atoms. The summed E-state index contributed by atoms with van der Waals surface area (Å²) in [6.45, 7) is 16.6. The first-order chi connectivity index (χ1) is 12.2. The molecule has 1 fully saturated rings. The Balaban J connectivity index is 2.29. The molecule has 0 N–H and O–H groups in total. The van der Waals surface area contributed by atoms with Crippen molar-refractivity contribution in [3.05, 3.63) is 28.8 Å². The Bertz CT molecular complexity index is 593. The molecule has 1 aliphatic heterocycles. The molecule has 0 aliphatic carbocycles. The topological polar surface area (TPSA) is 35.5 Å². The van der Waals surface area contributed by atoms with Crippen LogP contribution in [0.3, 0.4) is 0 Å². The monoisotopic (exact) mass is 426 g/mol. The van der Waals surface area contributed by atoms with Gasteiger partial charge in [0.05, 0.1) is 0 Å². The standard InChI is InChI=1S/C22H34O3Se/c1-8-24-22(23)20-11-17(12-25-20)26-21-18(14(4)5)9-16(13(2)3)10-19(21)15(6)7/h9-10,13-15,17,20H,8,11-12H2,1-7H3. The normalized spacial score (nSPS) is 20.4. The number of hydrogen-bond acceptors (Lipinski definition) is 3. The van der Waals surface area contributed by atoms with Gasteiger partial charge in [-0.1, -0.05) is 0 Å². The molecule has 4 heteroatoms. The molecule has 0 bridgehead atoms. The van der Waals surface area contributed by atoms with E-state index in [-0.39, 0.29) is 12.1 Å². The summed E-state index contributed by atoms with van der Waals surface area (Å²) < 4.78 is 12.4. The van der Waals surface area contributed by atoms with Crippen LogP contribution in [0.15, 0.2) is 12.1 Å². The summed E-state index contributed by atoms with van der Waals surface area (Å²) in [7, 11) is 0. The second-order valence-electron chi connectivity index (χ2n) is 8.04. The molecule has 0 saturated carbocycles. The van der Waals surface area contributed by atoms with E-state index in [9.17, 15) is 4.79 Å². The first-order valence-corrected chi connectivity index (χ1v) is 11.7. The molecule has 1 aromatic rings. The van der Waals surface area contributed by atoms with Crippen molar-refractivity contribution in [1.82, 2.24) is 0 Å². The Labute approximate surface area is 165 Å². The van der Waals surface area contributed by atoms with Crippen molar-refractivity contribution in [3.8, 4) is 0 Å². The minimum atomic E-state index is -0.373. The van der Waals surface area contributed by atoms with Gasteiger partial charge < -0.3 is 0 Å². The second-order valence-corrected chi connectivity index (χ2v) is 10.8. The van der Waals surface area contributed by atoms with Crippen LogP contribution in [0.1, 0.15) is 89.3 Å². The minimum absolute atomic E-state index is 0.200. The van der Waals surface area contributed by atoms with Gasteiger partial charge in [0.15, 0.2) is 0 Å². The van der Waals surface area contributed by atoms with Crippen LogP contribution in [0.2, 0.25) is 4.82 Å². The molecule has 1 aliphatic rings. The molecule has 2 unspecified atom stereocenters. The van der Waals surface area contributed by atoms with E-state index in [1.54, 1.807) is 0 Å². The molecule has 146 valence electrons. The Morgan fingerprint density at radius 1 is 1.12 bits per heavy atom. The van der Waals surface area contributed by atoms with Gasteiger partial charge in [-0.25, -0.2) is 0 Å². The number of ether oxygens (including phenoxy) is 2. The van der Waals surface area contributed by atoms with Crippen LogP contribution in [0.5, 0.6) is 0 Å². The fourth-order valence-electron chi connectivity index (χ4n) is 3.27. The van der Waals surface area contributed by atoms with Crippen LogP contribution < -0.4 is 4.46 Å². The van der Waals surface area contributed by atoms with Gasteiger partial charge in [0.2, 0.25) is 0 Å². The summed E-state index contributed by atoms with van der Waals surface area (Å²) >= 11 is 0.302. The molecule has 0 amide bonds. The molecular formula is C22H34O3Se. The van der Waals surface area contributed by atoms with Crippen molar-refractivity contribution < 1.29 is 14.3 Å². The molecule has 3 nitrogen and oxygen atoms in total. The van der Waals surface area contributed by atoms with E-state index in [4.69, 9.17) is 9.47 Å². The summed E-state index contributed by atoms with van der Waals surface area (Å²) in [6, 6.07) is 4.83. The van der Waals surface area contributed by atoms with Gasteiger partial charge in [-0.15, -0.1) is 0 Å². The Kier molecular flexibility index (Phi) is 7.75. The first-order valence-electron chi connectivity index (χ1n) is 9.87. The summed E-state index contributed by atoms with van der Waals surface area (Å²) in [5.41, 5.74) is 4.41. The van der Waals surface area contributed by atoms with E-state index in [0.717, 1.165) is 6.42 Å². The molecule has 2 atom stereocenters. The maximum absolute atomic E-state index is 12.0. The van der Waals surface area contributed by atoms with E-state index < -0.39 is 0 Å². The molecule has 1 heterocycles. The van der Waals surface area contributed by atoms with Crippen LogP contribution >= 0.6 is 0 Å². The van der Waals surface area contributed by atoms with Crippen LogP contribution in [0.4, 0.5) is 0 Å². The van der Waals surface area contributed by atoms with Crippen LogP contribution in [0, 0.1) is 0 Å². The van der Waals surface area contributed by atoms with Gasteiger partial charge in [0.1, 0.15) is 0 Å². The van der Waals surface area contributed by atoms with E-state index in [1.807, 2.05) is 6.92 Å². The number of esters is 1. The fourth-order valence-corrected chi connectivity index (χ4v) is 6.66. The summed E-state index contributed by atoms with van der Waals surface area (Å²) in [6.07, 6.45) is 0.418. The van der Waals surface area contributed by atoms with Crippen LogP contribution in [-0.2, 0) is 14.3 Å². The van der Waals surface area contributed by atoms with E-state index in [2.05, 4.69) is 53.7 Å². The zero-order valence-corrected chi connectivity index (χ0v) is 19.0. The Hall–Kier alpha value is -0.831. The van der Waals surface area contributed by atoms with Gasteiger partial charge in [0.25, 0.3) is 0 Å². The zero-order chi connectivity index (χ0) is 19.4. The number of hydrogen-bond donors (Lipinski definition) is 0. The molecule has 1 saturated heterocycles. The fraction of sp³-hybridized carbons (Fsp3) is 0.682. The van der Waals surface area contributed by atoms with Gasteiger partial charge >= 0.3 is 165 Å². The van der Waals surface area contributed by atoms with E-state index >= 15 is 0 Å². The van der Waals surface area contributed by atoms with Crippen LogP contribution in [-0.4, -0.2) is 40.2 Å². The van der Waals surface area contributed by atoms with E-state index in [0.29, 0.717) is 50.7 Å². The average Bonchev–Trinajstić information content (AvgIpc) is 3.03. The molecule has 0 radical (unpaired) electrons. The third kappa shape index (κ3) is 5.12. The van der Waals surface area contributed by atoms with Crippen molar-refractivity contribution in [2.75, 3.05) is 13.2 Å². The molecule has 0 aromatic heterocycles. The number of carbonyl (C=O) groups excluding carboxylic acids is 1. The third-order valence-electron chi connectivity index (χ3n) is 4.87. The molecular weight excluding hydrogens is 391 g/mol. The van der Waals surface area contributed by atoms with Crippen molar-refractivity contribution in [2.24, 2.45) is 0 Å². The molecule has 2 rings (SSSR count). The van der Waals surface area contributed by atoms with Crippen molar-refractivity contribution >= 4 is 25.4 Å². The van der Waals surface area contributed by atoms with E-state index in [1.165, 1.54) is 21.2 Å². The first kappa shape index (κ1) is 21.5. The second kappa shape index (κ2) is 9.39. The third-order valence-corrected chi connectivity index (χ3v) is 7.75. The molecule has 1 aromatic carbocycles. The van der Waals surface area contributed by atoms with Crippen molar-refractivity contribution in [3.63, 3.8) is 0 Å². The van der Waals surface area contributed by atoms with Crippen LogP contribution in [0.25, 0.3) is 0 Å². The van der Waals surface area contributed by atoms with Gasteiger partial charge in [-0.05, 0) is 0 Å². The van der Waals surface area contributed by atoms with Gasteiger partial charge in [0, 0.05) is 0 Å². The summed E-state index contributed by atoms with van der Waals surface area (Å²) in [5, 5.41) is 0. The predicted octanol–water partition coefficient (Wildman–Crippen LogP) is 4.53. The number of carbonyl (C=O) groups is 1. The van der Waals surface area contributed by atoms with Crippen molar-refractivity contribution in [2.45, 2.75) is 83.6 Å². The van der Waals surface area contributed by atoms with Gasteiger partial charge in [-0.3, -0.25) is 0 Å². The summed E-state index contributed by atoms with van der Waals surface area (Å²) in [5.74, 6) is 1.35. The van der Waals surface area contributed by atoms with Gasteiger partial charge in [-0.2, -0.15) is 0 Å². The maximum atomic E-state index is 12.0. The average molecular weight is 425 g/mol. The van der Waals surface area contributed by atoms with Crippen molar-refractivity contribution in [1.29, 1.82) is 0 Å². The Morgan fingerprint density at radius 2 is 1.69 bits per heavy atom. The quantitative estimate of drug-likeness (QED) is 0.476.